The Kier molecular flexibility index (Phi) is 6.84. The van der Waals surface area contributed by atoms with Crippen LogP contribution >= 0.6 is 11.8 Å². The maximum absolute atomic E-state index is 12.0. The molecular formula is C16H25N5O2S. The van der Waals surface area contributed by atoms with Gasteiger partial charge in [-0.1, -0.05) is 37.6 Å². The number of urea groups is 1. The van der Waals surface area contributed by atoms with E-state index in [1.807, 2.05) is 11.5 Å². The van der Waals surface area contributed by atoms with Crippen molar-refractivity contribution in [3.63, 3.8) is 0 Å². The fourth-order valence-electron chi connectivity index (χ4n) is 2.84. The number of carbonyl (C=O) groups excluding carboxylic acids is 2. The normalized spacial score (nSPS) is 20.4. The zero-order valence-electron chi connectivity index (χ0n) is 14.2. The van der Waals surface area contributed by atoms with Gasteiger partial charge in [0.1, 0.15) is 5.82 Å². The molecule has 8 heteroatoms. The van der Waals surface area contributed by atoms with Crippen molar-refractivity contribution < 1.29 is 9.59 Å². The molecule has 2 atom stereocenters. The summed E-state index contributed by atoms with van der Waals surface area (Å²) in [5.41, 5.74) is 0. The largest absolute Gasteiger partial charge is 0.335 e. The van der Waals surface area contributed by atoms with Crippen LogP contribution in [0.15, 0.2) is 17.8 Å². The van der Waals surface area contributed by atoms with E-state index < -0.39 is 6.03 Å². The number of aromatic nitrogens is 3. The smallest absolute Gasteiger partial charge is 0.321 e. The van der Waals surface area contributed by atoms with Gasteiger partial charge in [0.2, 0.25) is 5.91 Å². The Morgan fingerprint density at radius 2 is 2.12 bits per heavy atom. The first-order chi connectivity index (χ1) is 11.5. The predicted octanol–water partition coefficient (Wildman–Crippen LogP) is 2.27. The number of allylic oxidation sites excluding steroid dienone is 1. The average Bonchev–Trinajstić information content (AvgIpc) is 2.88. The number of thioether (sulfide) groups is 1. The number of amides is 3. The third-order valence-corrected chi connectivity index (χ3v) is 5.19. The van der Waals surface area contributed by atoms with Gasteiger partial charge in [0.05, 0.1) is 5.75 Å². The van der Waals surface area contributed by atoms with Gasteiger partial charge in [-0.05, 0) is 25.7 Å². The van der Waals surface area contributed by atoms with Crippen LogP contribution in [-0.4, -0.2) is 38.5 Å². The highest BCUT2D eigenvalue weighted by Crippen LogP contribution is 2.23. The molecule has 0 bridgehead atoms. The molecule has 0 spiro atoms. The molecule has 1 aromatic heterocycles. The number of aryl methyl sites for hydroxylation is 1. The minimum Gasteiger partial charge on any atom is -0.335 e. The quantitative estimate of drug-likeness (QED) is 0.606. The lowest BCUT2D eigenvalue weighted by molar-refractivity contribution is -0.117. The van der Waals surface area contributed by atoms with Crippen molar-refractivity contribution in [3.05, 3.63) is 18.5 Å². The number of carbonyl (C=O) groups is 2. The number of nitrogens with one attached hydrogen (secondary N) is 2. The highest BCUT2D eigenvalue weighted by Gasteiger charge is 2.23. The molecule has 24 heavy (non-hydrogen) atoms. The van der Waals surface area contributed by atoms with E-state index in [0.717, 1.165) is 25.1 Å². The number of hydrogen-bond donors (Lipinski definition) is 2. The van der Waals surface area contributed by atoms with Gasteiger partial charge in [0.15, 0.2) is 5.16 Å². The Balaban J connectivity index is 1.78. The molecule has 1 aliphatic carbocycles. The van der Waals surface area contributed by atoms with Gasteiger partial charge in [-0.15, -0.1) is 16.8 Å². The maximum Gasteiger partial charge on any atom is 0.321 e. The highest BCUT2D eigenvalue weighted by atomic mass is 32.2. The van der Waals surface area contributed by atoms with E-state index in [4.69, 9.17) is 0 Å². The van der Waals surface area contributed by atoms with Crippen LogP contribution in [0.1, 0.15) is 38.4 Å². The van der Waals surface area contributed by atoms with Gasteiger partial charge in [-0.2, -0.15) is 0 Å². The molecule has 1 heterocycles. The van der Waals surface area contributed by atoms with Gasteiger partial charge in [0.25, 0.3) is 0 Å². The van der Waals surface area contributed by atoms with Gasteiger partial charge in [-0.25, -0.2) is 4.79 Å². The monoisotopic (exact) mass is 351 g/mol. The Labute approximate surface area is 146 Å². The van der Waals surface area contributed by atoms with Gasteiger partial charge < -0.3 is 9.88 Å². The lowest BCUT2D eigenvalue weighted by atomic mass is 9.86. The standard InChI is InChI=1S/C16H25N5O2S/c1-4-9-21-12(3)19-20-16(21)24-10-14(22)18-15(23)17-13-8-6-5-7-11(13)2/h4,11,13H,1,5-10H2,2-3H3,(H2,17,18,22,23). The zero-order chi connectivity index (χ0) is 17.5. The average molecular weight is 351 g/mol. The summed E-state index contributed by atoms with van der Waals surface area (Å²) in [6.45, 7) is 8.26. The lowest BCUT2D eigenvalue weighted by Crippen LogP contribution is -2.48. The van der Waals surface area contributed by atoms with E-state index in [1.165, 1.54) is 18.2 Å². The van der Waals surface area contributed by atoms with Crippen LogP contribution in [-0.2, 0) is 11.3 Å². The maximum atomic E-state index is 12.0. The first kappa shape index (κ1) is 18.5. The molecule has 0 radical (unpaired) electrons. The van der Waals surface area contributed by atoms with Gasteiger partial charge in [0, 0.05) is 12.6 Å². The molecule has 1 fully saturated rings. The molecule has 1 aliphatic rings. The van der Waals surface area contributed by atoms with Gasteiger partial charge in [-0.3, -0.25) is 10.1 Å². The molecule has 7 nitrogen and oxygen atoms in total. The van der Waals surface area contributed by atoms with Crippen molar-refractivity contribution in [2.45, 2.75) is 57.3 Å². The van der Waals surface area contributed by atoms with Crippen LogP contribution in [0, 0.1) is 12.8 Å². The lowest BCUT2D eigenvalue weighted by Gasteiger charge is -2.29. The SMILES string of the molecule is C=CCn1c(C)nnc1SCC(=O)NC(=O)NC1CCCCC1C. The van der Waals surface area contributed by atoms with Crippen LogP contribution in [0.2, 0.25) is 0 Å². The summed E-state index contributed by atoms with van der Waals surface area (Å²) in [7, 11) is 0. The molecule has 3 amide bonds. The highest BCUT2D eigenvalue weighted by molar-refractivity contribution is 7.99. The third-order valence-electron chi connectivity index (χ3n) is 4.23. The van der Waals surface area contributed by atoms with E-state index in [1.54, 1.807) is 6.08 Å². The second-order valence-corrected chi connectivity index (χ2v) is 7.05. The van der Waals surface area contributed by atoms with E-state index in [9.17, 15) is 9.59 Å². The van der Waals surface area contributed by atoms with E-state index in [0.29, 0.717) is 17.6 Å². The summed E-state index contributed by atoms with van der Waals surface area (Å²) in [5.74, 6) is 0.992. The van der Waals surface area contributed by atoms with Crippen molar-refractivity contribution in [3.8, 4) is 0 Å². The summed E-state index contributed by atoms with van der Waals surface area (Å²) in [4.78, 5) is 23.9. The van der Waals surface area contributed by atoms with Gasteiger partial charge >= 0.3 is 6.03 Å². The molecule has 0 aromatic carbocycles. The topological polar surface area (TPSA) is 88.9 Å². The molecule has 0 saturated heterocycles. The molecule has 132 valence electrons. The summed E-state index contributed by atoms with van der Waals surface area (Å²) < 4.78 is 1.87. The fourth-order valence-corrected chi connectivity index (χ4v) is 3.63. The summed E-state index contributed by atoms with van der Waals surface area (Å²) in [6.07, 6.45) is 6.17. The predicted molar refractivity (Wildman–Crippen MR) is 93.8 cm³/mol. The van der Waals surface area contributed by atoms with E-state index in [-0.39, 0.29) is 17.7 Å². The second kappa shape index (κ2) is 8.86. The van der Waals surface area contributed by atoms with E-state index >= 15 is 0 Å². The first-order valence-corrected chi connectivity index (χ1v) is 9.23. The van der Waals surface area contributed by atoms with Crippen LogP contribution in [0.4, 0.5) is 4.79 Å². The minimum atomic E-state index is -0.414. The minimum absolute atomic E-state index is 0.114. The van der Waals surface area contributed by atoms with Crippen molar-refractivity contribution in [1.82, 2.24) is 25.4 Å². The van der Waals surface area contributed by atoms with Crippen LogP contribution in [0.5, 0.6) is 0 Å². The van der Waals surface area contributed by atoms with Crippen LogP contribution in [0.25, 0.3) is 0 Å². The Morgan fingerprint density at radius 1 is 1.38 bits per heavy atom. The number of hydrogen-bond acceptors (Lipinski definition) is 5. The Hall–Kier alpha value is -1.83. The molecule has 1 saturated carbocycles. The summed E-state index contributed by atoms with van der Waals surface area (Å²) in [6, 6.07) is -0.263. The number of imide groups is 1. The van der Waals surface area contributed by atoms with Crippen LogP contribution in [0.3, 0.4) is 0 Å². The molecule has 0 aliphatic heterocycles. The second-order valence-electron chi connectivity index (χ2n) is 6.11. The third kappa shape index (κ3) is 5.09. The number of rotatable bonds is 6. The van der Waals surface area contributed by atoms with Crippen molar-refractivity contribution in [2.24, 2.45) is 5.92 Å². The Morgan fingerprint density at radius 3 is 2.83 bits per heavy atom. The Bertz CT molecular complexity index is 601. The molecule has 1 aromatic rings. The molecular weight excluding hydrogens is 326 g/mol. The summed E-state index contributed by atoms with van der Waals surface area (Å²) in [5, 5.41) is 14.0. The molecule has 2 rings (SSSR count). The molecule has 2 unspecified atom stereocenters. The van der Waals surface area contributed by atoms with Crippen molar-refractivity contribution in [1.29, 1.82) is 0 Å². The van der Waals surface area contributed by atoms with Crippen molar-refractivity contribution >= 4 is 23.7 Å². The fraction of sp³-hybridized carbons (Fsp3) is 0.625. The zero-order valence-corrected chi connectivity index (χ0v) is 15.1. The first-order valence-electron chi connectivity index (χ1n) is 8.25. The molecule has 2 N–H and O–H groups in total. The van der Waals surface area contributed by atoms with Crippen LogP contribution < -0.4 is 10.6 Å². The van der Waals surface area contributed by atoms with E-state index in [2.05, 4.69) is 34.3 Å². The number of nitrogens with zero attached hydrogens (tertiary/aromatic N) is 3. The van der Waals surface area contributed by atoms with Crippen molar-refractivity contribution in [2.75, 3.05) is 5.75 Å². The summed E-state index contributed by atoms with van der Waals surface area (Å²) >= 11 is 1.25.